The van der Waals surface area contributed by atoms with Crippen LogP contribution in [-0.2, 0) is 20.7 Å². The lowest BCUT2D eigenvalue weighted by Gasteiger charge is -2.16. The number of ketones is 1. The van der Waals surface area contributed by atoms with E-state index in [9.17, 15) is 9.90 Å². The van der Waals surface area contributed by atoms with Crippen molar-refractivity contribution in [1.82, 2.24) is 0 Å². The van der Waals surface area contributed by atoms with Crippen molar-refractivity contribution in [3.8, 4) is 5.75 Å². The van der Waals surface area contributed by atoms with E-state index in [1.54, 1.807) is 0 Å². The molecule has 200 valence electrons. The van der Waals surface area contributed by atoms with Gasteiger partial charge in [-0.3, -0.25) is 4.79 Å². The molecule has 1 aliphatic heterocycles. The van der Waals surface area contributed by atoms with Gasteiger partial charge in [0.15, 0.2) is 0 Å². The summed E-state index contributed by atoms with van der Waals surface area (Å²) in [5.74, 6) is 1.14. The SMILES string of the molecule is CC(C)(O)CCCCCCCCCCCCCCC(=O)Cc1ccc(OCCOCC2CO2)cc1. The van der Waals surface area contributed by atoms with Crippen LogP contribution in [-0.4, -0.2) is 49.0 Å². The second-order valence-electron chi connectivity index (χ2n) is 10.8. The van der Waals surface area contributed by atoms with Crippen molar-refractivity contribution < 1.29 is 24.1 Å². The lowest BCUT2D eigenvalue weighted by Crippen LogP contribution is -2.17. The third-order valence-corrected chi connectivity index (χ3v) is 6.52. The summed E-state index contributed by atoms with van der Waals surface area (Å²) in [5.41, 5.74) is 0.554. The second-order valence-corrected chi connectivity index (χ2v) is 10.8. The Kier molecular flexibility index (Phi) is 15.3. The Morgan fingerprint density at radius 1 is 0.886 bits per heavy atom. The topological polar surface area (TPSA) is 68.3 Å². The highest BCUT2D eigenvalue weighted by Gasteiger charge is 2.22. The molecular weight excluding hydrogens is 440 g/mol. The zero-order valence-electron chi connectivity index (χ0n) is 22.4. The molecule has 5 heteroatoms. The number of hydrogen-bond acceptors (Lipinski definition) is 5. The third kappa shape index (κ3) is 17.6. The minimum Gasteiger partial charge on any atom is -0.491 e. The summed E-state index contributed by atoms with van der Waals surface area (Å²) < 4.78 is 16.2. The number of rotatable bonds is 23. The molecule has 1 atom stereocenters. The molecule has 1 saturated heterocycles. The Hall–Kier alpha value is -1.43. The number of ether oxygens (including phenoxy) is 3. The number of carbonyl (C=O) groups is 1. The van der Waals surface area contributed by atoms with Gasteiger partial charge in [-0.15, -0.1) is 0 Å². The average Bonchev–Trinajstić information content (AvgIpc) is 3.64. The number of unbranched alkanes of at least 4 members (excludes halogenated alkanes) is 11. The maximum atomic E-state index is 12.3. The van der Waals surface area contributed by atoms with Crippen LogP contribution in [0.1, 0.15) is 109 Å². The molecule has 1 aromatic rings. The van der Waals surface area contributed by atoms with Crippen LogP contribution in [0.4, 0.5) is 0 Å². The van der Waals surface area contributed by atoms with Crippen LogP contribution in [0, 0.1) is 0 Å². The summed E-state index contributed by atoms with van der Waals surface area (Å²) >= 11 is 0. The highest BCUT2D eigenvalue weighted by atomic mass is 16.6. The highest BCUT2D eigenvalue weighted by Crippen LogP contribution is 2.17. The number of benzene rings is 1. The van der Waals surface area contributed by atoms with E-state index in [0.29, 0.717) is 44.5 Å². The summed E-state index contributed by atoms with van der Waals surface area (Å²) in [6.07, 6.45) is 17.5. The first-order chi connectivity index (χ1) is 16.9. The van der Waals surface area contributed by atoms with Crippen molar-refractivity contribution in [2.45, 2.75) is 122 Å². The fourth-order valence-corrected chi connectivity index (χ4v) is 4.26. The molecule has 2 rings (SSSR count). The highest BCUT2D eigenvalue weighted by molar-refractivity contribution is 5.80. The van der Waals surface area contributed by atoms with E-state index in [4.69, 9.17) is 14.2 Å². The minimum atomic E-state index is -0.503. The van der Waals surface area contributed by atoms with Crippen molar-refractivity contribution in [1.29, 1.82) is 0 Å². The molecule has 1 aliphatic rings. The Bertz CT molecular complexity index is 660. The van der Waals surface area contributed by atoms with E-state index in [-0.39, 0.29) is 0 Å². The predicted octanol–water partition coefficient (Wildman–Crippen LogP) is 6.82. The molecule has 1 aromatic carbocycles. The Morgan fingerprint density at radius 3 is 1.97 bits per heavy atom. The van der Waals surface area contributed by atoms with Crippen molar-refractivity contribution >= 4 is 5.78 Å². The van der Waals surface area contributed by atoms with E-state index >= 15 is 0 Å². The van der Waals surface area contributed by atoms with Crippen molar-refractivity contribution in [2.24, 2.45) is 0 Å². The molecular formula is C30H50O5. The van der Waals surface area contributed by atoms with E-state index in [0.717, 1.165) is 43.6 Å². The zero-order valence-corrected chi connectivity index (χ0v) is 22.4. The fourth-order valence-electron chi connectivity index (χ4n) is 4.26. The van der Waals surface area contributed by atoms with Crippen LogP contribution in [0.5, 0.6) is 5.75 Å². The molecule has 1 fully saturated rings. The molecule has 1 unspecified atom stereocenters. The van der Waals surface area contributed by atoms with Crippen molar-refractivity contribution in [3.63, 3.8) is 0 Å². The molecule has 0 saturated carbocycles. The normalized spacial score (nSPS) is 15.3. The Balaban J connectivity index is 1.35. The number of epoxide rings is 1. The van der Waals surface area contributed by atoms with E-state index < -0.39 is 5.60 Å². The summed E-state index contributed by atoms with van der Waals surface area (Å²) in [7, 11) is 0. The van der Waals surface area contributed by atoms with Crippen molar-refractivity contribution in [2.75, 3.05) is 26.4 Å². The Morgan fingerprint density at radius 2 is 1.43 bits per heavy atom. The van der Waals surface area contributed by atoms with Gasteiger partial charge in [-0.1, -0.05) is 82.8 Å². The number of Topliss-reactive ketones (excluding diaryl/α,β-unsaturated/α-hetero) is 1. The smallest absolute Gasteiger partial charge is 0.137 e. The lowest BCUT2D eigenvalue weighted by atomic mass is 9.99. The quantitative estimate of drug-likeness (QED) is 0.135. The van der Waals surface area contributed by atoms with Gasteiger partial charge in [0.1, 0.15) is 24.2 Å². The molecule has 5 nitrogen and oxygen atoms in total. The van der Waals surface area contributed by atoms with Gasteiger partial charge in [0.05, 0.1) is 25.4 Å². The van der Waals surface area contributed by atoms with Crippen LogP contribution < -0.4 is 4.74 Å². The van der Waals surface area contributed by atoms with Crippen LogP contribution in [0.2, 0.25) is 0 Å². The van der Waals surface area contributed by atoms with Gasteiger partial charge in [0.25, 0.3) is 0 Å². The number of carbonyl (C=O) groups excluding carboxylic acids is 1. The maximum absolute atomic E-state index is 12.3. The molecule has 0 amide bonds. The fraction of sp³-hybridized carbons (Fsp3) is 0.767. The third-order valence-electron chi connectivity index (χ3n) is 6.52. The van der Waals surface area contributed by atoms with Gasteiger partial charge in [0, 0.05) is 12.8 Å². The van der Waals surface area contributed by atoms with Gasteiger partial charge >= 0.3 is 0 Å². The van der Waals surface area contributed by atoms with Crippen LogP contribution in [0.25, 0.3) is 0 Å². The second kappa shape index (κ2) is 17.9. The van der Waals surface area contributed by atoms with Gasteiger partial charge < -0.3 is 19.3 Å². The number of aliphatic hydroxyl groups is 1. The van der Waals surface area contributed by atoms with Crippen molar-refractivity contribution in [3.05, 3.63) is 29.8 Å². The van der Waals surface area contributed by atoms with E-state index in [1.165, 1.54) is 57.8 Å². The standard InChI is InChI=1S/C30H50O5/c1-30(2,32)20-14-12-10-8-6-4-3-5-7-9-11-13-15-27(31)23-26-16-18-28(19-17-26)34-22-21-33-24-29-25-35-29/h16-19,29,32H,3-15,20-25H2,1-2H3. The van der Waals surface area contributed by atoms with E-state index in [1.807, 2.05) is 38.1 Å². The molecule has 0 bridgehead atoms. The first-order valence-electron chi connectivity index (χ1n) is 14.1. The van der Waals surface area contributed by atoms with Gasteiger partial charge in [-0.2, -0.15) is 0 Å². The molecule has 35 heavy (non-hydrogen) atoms. The predicted molar refractivity (Wildman–Crippen MR) is 142 cm³/mol. The summed E-state index contributed by atoms with van der Waals surface area (Å²) in [5, 5.41) is 9.71. The zero-order chi connectivity index (χ0) is 25.2. The molecule has 0 spiro atoms. The number of hydrogen-bond donors (Lipinski definition) is 1. The first kappa shape index (κ1) is 29.8. The summed E-state index contributed by atoms with van der Waals surface area (Å²) in [6.45, 7) is 6.34. The molecule has 0 aliphatic carbocycles. The summed E-state index contributed by atoms with van der Waals surface area (Å²) in [6, 6.07) is 7.85. The monoisotopic (exact) mass is 490 g/mol. The minimum absolute atomic E-state index is 0.291. The van der Waals surface area contributed by atoms with Crippen LogP contribution in [0.15, 0.2) is 24.3 Å². The van der Waals surface area contributed by atoms with Gasteiger partial charge in [-0.05, 0) is 44.4 Å². The molecule has 0 aromatic heterocycles. The summed E-state index contributed by atoms with van der Waals surface area (Å²) in [4.78, 5) is 12.3. The average molecular weight is 491 g/mol. The Labute approximate surface area is 213 Å². The van der Waals surface area contributed by atoms with Gasteiger partial charge in [0.2, 0.25) is 0 Å². The molecule has 1 N–H and O–H groups in total. The molecule has 1 heterocycles. The molecule has 0 radical (unpaired) electrons. The largest absolute Gasteiger partial charge is 0.491 e. The van der Waals surface area contributed by atoms with Gasteiger partial charge in [-0.25, -0.2) is 0 Å². The van der Waals surface area contributed by atoms with Crippen LogP contribution in [0.3, 0.4) is 0 Å². The lowest BCUT2D eigenvalue weighted by molar-refractivity contribution is -0.118. The maximum Gasteiger partial charge on any atom is 0.137 e. The first-order valence-corrected chi connectivity index (χ1v) is 14.1. The van der Waals surface area contributed by atoms with Crippen LogP contribution >= 0.6 is 0 Å². The van der Waals surface area contributed by atoms with E-state index in [2.05, 4.69) is 0 Å².